The van der Waals surface area contributed by atoms with E-state index >= 15 is 0 Å². The summed E-state index contributed by atoms with van der Waals surface area (Å²) >= 11 is 3.45. The van der Waals surface area contributed by atoms with Crippen molar-refractivity contribution in [3.8, 4) is 5.75 Å². The lowest BCUT2D eigenvalue weighted by Gasteiger charge is -2.31. The van der Waals surface area contributed by atoms with E-state index in [0.717, 1.165) is 35.7 Å². The number of ether oxygens (including phenoxy) is 1. The molecular weight excluding hydrogens is 463 g/mol. The Morgan fingerprint density at radius 3 is 2.55 bits per heavy atom. The molecule has 1 fully saturated rings. The lowest BCUT2D eigenvalue weighted by Crippen LogP contribution is -2.51. The normalized spacial score (nSPS) is 15.2. The number of carbonyl (C=O) groups excluding carboxylic acids is 2. The van der Waals surface area contributed by atoms with Gasteiger partial charge in [0.25, 0.3) is 5.91 Å². The number of hydrogen-bond acceptors (Lipinski definition) is 3. The molecule has 1 aliphatic rings. The van der Waals surface area contributed by atoms with Crippen molar-refractivity contribution in [2.45, 2.75) is 57.7 Å². The highest BCUT2D eigenvalue weighted by molar-refractivity contribution is 9.10. The molecule has 0 bridgehead atoms. The van der Waals surface area contributed by atoms with Crippen LogP contribution in [0.5, 0.6) is 5.75 Å². The minimum Gasteiger partial charge on any atom is -0.484 e. The van der Waals surface area contributed by atoms with Crippen molar-refractivity contribution in [3.63, 3.8) is 0 Å². The largest absolute Gasteiger partial charge is 0.484 e. The zero-order valence-corrected chi connectivity index (χ0v) is 19.2. The number of rotatable bonds is 8. The Kier molecular flexibility index (Phi) is 8.46. The summed E-state index contributed by atoms with van der Waals surface area (Å²) in [7, 11) is 0. The molecule has 1 atom stereocenters. The maximum Gasteiger partial charge on any atom is 0.261 e. The summed E-state index contributed by atoms with van der Waals surface area (Å²) in [5, 5.41) is 3.11. The first-order valence-corrected chi connectivity index (χ1v) is 11.4. The highest BCUT2D eigenvalue weighted by atomic mass is 79.9. The highest BCUT2D eigenvalue weighted by Crippen LogP contribution is 2.19. The molecule has 7 heteroatoms. The van der Waals surface area contributed by atoms with Gasteiger partial charge in [-0.25, -0.2) is 4.39 Å². The predicted octanol–water partition coefficient (Wildman–Crippen LogP) is 4.83. The molecule has 2 aromatic carbocycles. The van der Waals surface area contributed by atoms with Crippen molar-refractivity contribution in [2.24, 2.45) is 0 Å². The summed E-state index contributed by atoms with van der Waals surface area (Å²) in [6, 6.07) is 12.7. The van der Waals surface area contributed by atoms with Gasteiger partial charge in [0.05, 0.1) is 0 Å². The Morgan fingerprint density at radius 2 is 1.87 bits per heavy atom. The topological polar surface area (TPSA) is 58.6 Å². The summed E-state index contributed by atoms with van der Waals surface area (Å²) in [5.74, 6) is -0.438. The molecule has 0 aromatic heterocycles. The van der Waals surface area contributed by atoms with Gasteiger partial charge in [0.15, 0.2) is 6.61 Å². The first-order valence-electron chi connectivity index (χ1n) is 10.6. The molecule has 1 aliphatic carbocycles. The average Bonchev–Trinajstić information content (AvgIpc) is 2.77. The van der Waals surface area contributed by atoms with Crippen LogP contribution in [0.4, 0.5) is 4.39 Å². The molecule has 3 rings (SSSR count). The highest BCUT2D eigenvalue weighted by Gasteiger charge is 2.28. The fourth-order valence-corrected chi connectivity index (χ4v) is 4.19. The van der Waals surface area contributed by atoms with Crippen LogP contribution in [0.2, 0.25) is 0 Å². The molecule has 0 radical (unpaired) electrons. The Bertz CT molecular complexity index is 885. The van der Waals surface area contributed by atoms with E-state index in [9.17, 15) is 14.0 Å². The summed E-state index contributed by atoms with van der Waals surface area (Å²) < 4.78 is 19.5. The second-order valence-electron chi connectivity index (χ2n) is 7.91. The minimum absolute atomic E-state index is 0.156. The number of amides is 2. The minimum atomic E-state index is -0.648. The molecule has 166 valence electrons. The molecule has 1 N–H and O–H groups in total. The SMILES string of the molecule is C[C@H](C(=O)NC1CCCCC1)N(Cc1cccc(Br)c1)C(=O)COc1ccc(F)cc1. The van der Waals surface area contributed by atoms with Crippen LogP contribution in [0.3, 0.4) is 0 Å². The van der Waals surface area contributed by atoms with E-state index in [-0.39, 0.29) is 36.8 Å². The fourth-order valence-electron chi connectivity index (χ4n) is 3.74. The van der Waals surface area contributed by atoms with E-state index < -0.39 is 6.04 Å². The lowest BCUT2D eigenvalue weighted by molar-refractivity contribution is -0.142. The van der Waals surface area contributed by atoms with Crippen molar-refractivity contribution < 1.29 is 18.7 Å². The van der Waals surface area contributed by atoms with Gasteiger partial charge in [-0.2, -0.15) is 0 Å². The monoisotopic (exact) mass is 490 g/mol. The standard InChI is InChI=1S/C24H28BrFN2O3/c1-17(24(30)27-21-8-3-2-4-9-21)28(15-18-6-5-7-19(25)14-18)23(29)16-31-22-12-10-20(26)11-13-22/h5-7,10-14,17,21H,2-4,8-9,15-16H2,1H3,(H,27,30)/t17-/m1/s1. The fraction of sp³-hybridized carbons (Fsp3) is 0.417. The Morgan fingerprint density at radius 1 is 1.16 bits per heavy atom. The Labute approximate surface area is 191 Å². The van der Waals surface area contributed by atoms with E-state index in [2.05, 4.69) is 21.2 Å². The van der Waals surface area contributed by atoms with Gasteiger partial charge >= 0.3 is 0 Å². The molecule has 0 unspecified atom stereocenters. The second-order valence-corrected chi connectivity index (χ2v) is 8.83. The smallest absolute Gasteiger partial charge is 0.261 e. The van der Waals surface area contributed by atoms with Gasteiger partial charge in [-0.3, -0.25) is 9.59 Å². The van der Waals surface area contributed by atoms with E-state index in [1.807, 2.05) is 24.3 Å². The third-order valence-corrected chi connectivity index (χ3v) is 6.03. The molecule has 0 aliphatic heterocycles. The van der Waals surface area contributed by atoms with E-state index in [1.54, 1.807) is 6.92 Å². The van der Waals surface area contributed by atoms with Crippen LogP contribution in [-0.4, -0.2) is 35.4 Å². The lowest BCUT2D eigenvalue weighted by atomic mass is 9.95. The van der Waals surface area contributed by atoms with Crippen molar-refractivity contribution in [1.29, 1.82) is 0 Å². The number of halogens is 2. The van der Waals surface area contributed by atoms with Crippen molar-refractivity contribution >= 4 is 27.7 Å². The predicted molar refractivity (Wildman–Crippen MR) is 121 cm³/mol. The molecule has 0 heterocycles. The maximum atomic E-state index is 13.1. The molecule has 1 saturated carbocycles. The van der Waals surface area contributed by atoms with Crippen LogP contribution in [-0.2, 0) is 16.1 Å². The van der Waals surface area contributed by atoms with Gasteiger partial charge in [-0.05, 0) is 61.7 Å². The summed E-state index contributed by atoms with van der Waals surface area (Å²) in [5.41, 5.74) is 0.904. The zero-order valence-electron chi connectivity index (χ0n) is 17.7. The molecule has 2 amide bonds. The molecule has 5 nitrogen and oxygen atoms in total. The van der Waals surface area contributed by atoms with E-state index in [1.165, 1.54) is 35.6 Å². The van der Waals surface area contributed by atoms with Gasteiger partial charge in [-0.1, -0.05) is 47.3 Å². The van der Waals surface area contributed by atoms with Crippen LogP contribution >= 0.6 is 15.9 Å². The van der Waals surface area contributed by atoms with Crippen LogP contribution in [0.1, 0.15) is 44.6 Å². The molecule has 31 heavy (non-hydrogen) atoms. The zero-order chi connectivity index (χ0) is 22.2. The number of carbonyl (C=O) groups is 2. The number of nitrogens with one attached hydrogen (secondary N) is 1. The van der Waals surface area contributed by atoms with Crippen molar-refractivity contribution in [1.82, 2.24) is 10.2 Å². The summed E-state index contributed by atoms with van der Waals surface area (Å²) in [6.45, 7) is 1.79. The Hall–Kier alpha value is -2.41. The third-order valence-electron chi connectivity index (χ3n) is 5.54. The first-order chi connectivity index (χ1) is 14.9. The van der Waals surface area contributed by atoms with Crippen LogP contribution in [0.25, 0.3) is 0 Å². The van der Waals surface area contributed by atoms with Gasteiger partial charge in [-0.15, -0.1) is 0 Å². The number of benzene rings is 2. The van der Waals surface area contributed by atoms with Gasteiger partial charge in [0.2, 0.25) is 5.91 Å². The first kappa shape index (κ1) is 23.3. The Balaban J connectivity index is 1.70. The second kappa shape index (κ2) is 11.3. The van der Waals surface area contributed by atoms with E-state index in [4.69, 9.17) is 4.74 Å². The van der Waals surface area contributed by atoms with Gasteiger partial charge in [0.1, 0.15) is 17.6 Å². The summed E-state index contributed by atoms with van der Waals surface area (Å²) in [4.78, 5) is 27.5. The molecule has 0 spiro atoms. The molecule has 0 saturated heterocycles. The van der Waals surface area contributed by atoms with Crippen LogP contribution in [0, 0.1) is 5.82 Å². The number of nitrogens with zero attached hydrogens (tertiary/aromatic N) is 1. The number of hydrogen-bond donors (Lipinski definition) is 1. The van der Waals surface area contributed by atoms with Crippen LogP contribution < -0.4 is 10.1 Å². The van der Waals surface area contributed by atoms with Gasteiger partial charge in [0, 0.05) is 17.1 Å². The van der Waals surface area contributed by atoms with E-state index in [0.29, 0.717) is 5.75 Å². The van der Waals surface area contributed by atoms with Crippen LogP contribution in [0.15, 0.2) is 53.0 Å². The van der Waals surface area contributed by atoms with Crippen molar-refractivity contribution in [3.05, 3.63) is 64.4 Å². The average molecular weight is 491 g/mol. The summed E-state index contributed by atoms with van der Waals surface area (Å²) in [6.07, 6.45) is 5.39. The van der Waals surface area contributed by atoms with Crippen molar-refractivity contribution in [2.75, 3.05) is 6.61 Å². The van der Waals surface area contributed by atoms with Gasteiger partial charge < -0.3 is 15.0 Å². The quantitative estimate of drug-likeness (QED) is 0.576. The third kappa shape index (κ3) is 7.06. The molecular formula is C24H28BrFN2O3. The molecule has 2 aromatic rings. The maximum absolute atomic E-state index is 13.1.